The van der Waals surface area contributed by atoms with E-state index < -0.39 is 21.3 Å². The van der Waals surface area contributed by atoms with Gasteiger partial charge in [0.15, 0.2) is 0 Å². The van der Waals surface area contributed by atoms with Gasteiger partial charge in [0, 0.05) is 0 Å². The van der Waals surface area contributed by atoms with Crippen molar-refractivity contribution in [2.75, 3.05) is 0 Å². The largest absolute Gasteiger partial charge is 1.00 e. The molecule has 0 bridgehead atoms. The summed E-state index contributed by atoms with van der Waals surface area (Å²) in [6.45, 7) is 19.4. The Morgan fingerprint density at radius 1 is 0.700 bits per heavy atom. The van der Waals surface area contributed by atoms with E-state index in [0.717, 1.165) is 19.3 Å². The fraction of sp³-hybridized carbons (Fsp3) is 0.298. The van der Waals surface area contributed by atoms with E-state index in [1.807, 2.05) is 0 Å². The molecule has 1 unspecified atom stereocenters. The van der Waals surface area contributed by atoms with Crippen LogP contribution in [0.15, 0.2) is 115 Å². The van der Waals surface area contributed by atoms with Gasteiger partial charge in [0.2, 0.25) is 0 Å². The van der Waals surface area contributed by atoms with Crippen molar-refractivity contribution in [1.29, 1.82) is 0 Å². The summed E-state index contributed by atoms with van der Waals surface area (Å²) < 4.78 is 5.34. The van der Waals surface area contributed by atoms with Gasteiger partial charge in [0.25, 0.3) is 0 Å². The van der Waals surface area contributed by atoms with Crippen LogP contribution in [0.25, 0.3) is 22.3 Å². The van der Waals surface area contributed by atoms with Crippen molar-refractivity contribution in [3.63, 3.8) is 0 Å². The molecular formula is C47H48Cl2Zr. The van der Waals surface area contributed by atoms with Crippen molar-refractivity contribution in [2.45, 2.75) is 85.5 Å². The van der Waals surface area contributed by atoms with Gasteiger partial charge in [-0.25, -0.2) is 0 Å². The Labute approximate surface area is 320 Å². The molecule has 0 amide bonds. The Morgan fingerprint density at radius 2 is 1.24 bits per heavy atom. The van der Waals surface area contributed by atoms with Gasteiger partial charge < -0.3 is 24.8 Å². The van der Waals surface area contributed by atoms with Crippen molar-refractivity contribution in [1.82, 2.24) is 0 Å². The summed E-state index contributed by atoms with van der Waals surface area (Å²) in [7, 11) is 0. The fourth-order valence-electron chi connectivity index (χ4n) is 9.57. The summed E-state index contributed by atoms with van der Waals surface area (Å²) in [4.78, 5) is 0. The molecule has 4 aromatic rings. The van der Waals surface area contributed by atoms with Gasteiger partial charge in [-0.3, -0.25) is 0 Å². The Balaban J connectivity index is 0.00000216. The first-order valence-corrected chi connectivity index (χ1v) is 21.6. The second-order valence-electron chi connectivity index (χ2n) is 16.1. The van der Waals surface area contributed by atoms with E-state index in [1.165, 1.54) is 61.2 Å². The number of hydrogen-bond acceptors (Lipinski definition) is 0. The van der Waals surface area contributed by atoms with E-state index in [4.69, 9.17) is 0 Å². The van der Waals surface area contributed by atoms with Crippen LogP contribution >= 0.6 is 0 Å². The summed E-state index contributed by atoms with van der Waals surface area (Å²) in [6, 6.07) is 32.8. The number of fused-ring (bicyclic) bond motifs is 5. The second-order valence-corrected chi connectivity index (χ2v) is 22.3. The number of rotatable bonds is 6. The topological polar surface area (TPSA) is 0 Å². The van der Waals surface area contributed by atoms with E-state index >= 15 is 0 Å². The van der Waals surface area contributed by atoms with E-state index in [9.17, 15) is 0 Å². The summed E-state index contributed by atoms with van der Waals surface area (Å²) in [6.07, 6.45) is 10.7. The van der Waals surface area contributed by atoms with Crippen LogP contribution < -0.4 is 24.8 Å². The predicted octanol–water partition coefficient (Wildman–Crippen LogP) is 5.74. The normalized spacial score (nSPS) is 18.4. The van der Waals surface area contributed by atoms with Crippen molar-refractivity contribution >= 4 is 14.4 Å². The Morgan fingerprint density at radius 3 is 1.78 bits per heavy atom. The Kier molecular flexibility index (Phi) is 10.1. The maximum atomic E-state index is 2.63. The minimum atomic E-state index is -2.64. The molecule has 4 aliphatic rings. The van der Waals surface area contributed by atoms with Crippen LogP contribution in [-0.2, 0) is 51.4 Å². The maximum absolute atomic E-state index is 2.64. The number of benzene rings is 4. The summed E-state index contributed by atoms with van der Waals surface area (Å²) in [5, 5.41) is 0. The van der Waals surface area contributed by atoms with Gasteiger partial charge in [-0.1, -0.05) is 0 Å². The average molecular weight is 775 g/mol. The molecule has 0 fully saturated rings. The van der Waals surface area contributed by atoms with Crippen molar-refractivity contribution < 1.29 is 46.1 Å². The zero-order valence-electron chi connectivity index (χ0n) is 30.8. The maximum Gasteiger partial charge on any atom is -1.00 e. The van der Waals surface area contributed by atoms with Gasteiger partial charge in [-0.15, -0.1) is 0 Å². The van der Waals surface area contributed by atoms with Crippen molar-refractivity contribution in [3.05, 3.63) is 160 Å². The molecule has 0 saturated heterocycles. The molecule has 50 heavy (non-hydrogen) atoms. The van der Waals surface area contributed by atoms with E-state index in [1.54, 1.807) is 20.9 Å². The molecule has 0 aliphatic heterocycles. The number of hydrogen-bond donors (Lipinski definition) is 0. The zero-order chi connectivity index (χ0) is 33.5. The first kappa shape index (κ1) is 36.9. The minimum Gasteiger partial charge on any atom is -1.00 e. The van der Waals surface area contributed by atoms with Gasteiger partial charge in [0.1, 0.15) is 0 Å². The standard InChI is InChI=1S/C25H25.C15H14.C7H9.2ClH.Zr/c1-14-12-24(3,4)22-8-16-7-17-9-23-19(15(2)13-25(23,5)6)11-21(17)20(16)10-18(14)22;1-3-8-14(9-4-1)12-7-13-15-10-5-2-6-11-15;1-6-3-4-7(2)5-6;;;/h8-12H,7H2,1-6H3;1-6,8-11H,12-13H2;3,5,7H,1-2H3;2*1H;/q;;;;;+2/p-2. The van der Waals surface area contributed by atoms with Gasteiger partial charge in [-0.2, -0.15) is 0 Å². The van der Waals surface area contributed by atoms with E-state index in [2.05, 4.69) is 159 Å². The summed E-state index contributed by atoms with van der Waals surface area (Å²) in [5.74, 6) is 0.500. The molecule has 3 heteroatoms. The molecule has 0 radical (unpaired) electrons. The first-order chi connectivity index (χ1) is 22.9. The molecule has 4 aliphatic carbocycles. The minimum absolute atomic E-state index is 0. The molecule has 8 rings (SSSR count). The Bertz CT molecular complexity index is 2130. The monoisotopic (exact) mass is 772 g/mol. The van der Waals surface area contributed by atoms with Crippen LogP contribution in [0.1, 0.15) is 99.9 Å². The van der Waals surface area contributed by atoms with Gasteiger partial charge in [0.05, 0.1) is 0 Å². The molecule has 254 valence electrons. The van der Waals surface area contributed by atoms with E-state index in [0.29, 0.717) is 5.92 Å². The molecule has 1 atom stereocenters. The van der Waals surface area contributed by atoms with Crippen LogP contribution in [0.5, 0.6) is 0 Å². The fourth-order valence-corrected chi connectivity index (χ4v) is 19.4. The van der Waals surface area contributed by atoms with Crippen LogP contribution in [-0.4, -0.2) is 3.21 Å². The molecule has 0 saturated carbocycles. The Hall–Kier alpha value is -2.83. The van der Waals surface area contributed by atoms with Crippen LogP contribution in [0, 0.1) is 5.92 Å². The smallest absolute Gasteiger partial charge is 1.00 e. The van der Waals surface area contributed by atoms with E-state index in [-0.39, 0.29) is 35.6 Å². The number of halogens is 2. The molecule has 0 nitrogen and oxygen atoms in total. The van der Waals surface area contributed by atoms with Crippen LogP contribution in [0.4, 0.5) is 0 Å². The summed E-state index contributed by atoms with van der Waals surface area (Å²) in [5.41, 5.74) is 19.4. The molecule has 0 spiro atoms. The first-order valence-electron chi connectivity index (χ1n) is 17.9. The third-order valence-corrected chi connectivity index (χ3v) is 20.9. The zero-order valence-corrected chi connectivity index (χ0v) is 34.7. The average Bonchev–Trinajstić information content (AvgIpc) is 3.70. The molecule has 0 heterocycles. The van der Waals surface area contributed by atoms with Crippen LogP contribution in [0.3, 0.4) is 0 Å². The van der Waals surface area contributed by atoms with Crippen LogP contribution in [0.2, 0.25) is 0 Å². The summed E-state index contributed by atoms with van der Waals surface area (Å²) >= 11 is -2.64. The quantitative estimate of drug-likeness (QED) is 0.207. The second kappa shape index (κ2) is 13.6. The van der Waals surface area contributed by atoms with Gasteiger partial charge >= 0.3 is 298 Å². The van der Waals surface area contributed by atoms with Gasteiger partial charge in [-0.05, 0) is 0 Å². The molecule has 0 N–H and O–H groups in total. The molecular weight excluding hydrogens is 727 g/mol. The SMILES string of the molecule is CC1=CC(C)[C]([Zr+2]([C]2=C(C)c3cc4c(cc3C2(C)C)Cc2cc3c(cc2-4)C(C)=CC3(C)C)=[C](Cc2ccccc2)Cc2ccccc2)=C1.[Cl-].[Cl-]. The van der Waals surface area contributed by atoms with Crippen molar-refractivity contribution in [2.24, 2.45) is 5.92 Å². The third-order valence-electron chi connectivity index (χ3n) is 11.7. The third kappa shape index (κ3) is 6.10. The number of allylic oxidation sites excluding steroid dienone is 8. The molecule has 4 aromatic carbocycles. The van der Waals surface area contributed by atoms with Crippen molar-refractivity contribution in [3.8, 4) is 11.1 Å². The molecule has 0 aromatic heterocycles. The predicted molar refractivity (Wildman–Crippen MR) is 203 cm³/mol.